The maximum atomic E-state index is 8.50. The second kappa shape index (κ2) is 2.42. The zero-order chi connectivity index (χ0) is 5.91. The summed E-state index contributed by atoms with van der Waals surface area (Å²) in [4.78, 5) is 0. The predicted octanol–water partition coefficient (Wildman–Crippen LogP) is -1.67. The van der Waals surface area contributed by atoms with Gasteiger partial charge in [0.1, 0.15) is 0 Å². The topological polar surface area (TPSA) is 49.7 Å². The molecule has 2 N–H and O–H groups in total. The third-order valence-corrected chi connectivity index (χ3v) is 1.44. The predicted molar refractivity (Wildman–Crippen MR) is 28.5 cm³/mol. The first-order valence-corrected chi connectivity index (χ1v) is 2.94. The third-order valence-electron chi connectivity index (χ3n) is 0.787. The summed E-state index contributed by atoms with van der Waals surface area (Å²) < 4.78 is 4.34. The Bertz CT molecular complexity index is 48.1. The molecule has 7 heavy (non-hydrogen) atoms. The Morgan fingerprint density at radius 3 is 2.14 bits per heavy atom. The maximum absolute atomic E-state index is 8.50. The van der Waals surface area contributed by atoms with E-state index < -0.39 is 5.97 Å². The Morgan fingerprint density at radius 2 is 2.14 bits per heavy atom. The van der Waals surface area contributed by atoms with Gasteiger partial charge in [0.15, 0.2) is 10.5 Å². The van der Waals surface area contributed by atoms with E-state index in [0.29, 0.717) is 10.5 Å². The highest BCUT2D eigenvalue weighted by molar-refractivity contribution is 5.98. The van der Waals surface area contributed by atoms with Gasteiger partial charge in [0.05, 0.1) is 0 Å². The molecule has 0 fully saturated rings. The fraction of sp³-hybridized carbons (Fsp3) is 1.00. The van der Waals surface area contributed by atoms with E-state index in [-0.39, 0.29) is 6.42 Å². The summed E-state index contributed by atoms with van der Waals surface area (Å²) in [6.45, 7) is 1.64. The Hall–Kier alpha value is 0.0969. The molecule has 0 rings (SSSR count). The summed E-state index contributed by atoms with van der Waals surface area (Å²) in [5.74, 6) is -1.85. The lowest BCUT2D eigenvalue weighted by atomic mass is 10.4. The van der Waals surface area contributed by atoms with Crippen LogP contribution in [0.15, 0.2) is 0 Å². The van der Waals surface area contributed by atoms with Crippen LogP contribution in [0, 0.1) is 0 Å². The van der Waals surface area contributed by atoms with Crippen LogP contribution >= 0.6 is 0 Å². The average molecular weight is 122 g/mol. The Labute approximate surface area is 45.5 Å². The summed E-state index contributed by atoms with van der Waals surface area (Å²) >= 11 is 0. The molecule has 0 saturated carbocycles. The van der Waals surface area contributed by atoms with E-state index in [1.54, 1.807) is 6.92 Å². The van der Waals surface area contributed by atoms with E-state index in [2.05, 4.69) is 4.43 Å². The molecule has 0 amide bonds. The largest absolute Gasteiger partial charge is 0.381 e. The van der Waals surface area contributed by atoms with Crippen LogP contribution in [0.4, 0.5) is 0 Å². The average Bonchev–Trinajstić information content (AvgIpc) is 1.68. The summed E-state index contributed by atoms with van der Waals surface area (Å²) in [6, 6.07) is 0. The maximum Gasteiger partial charge on any atom is 0.267 e. The molecule has 0 radical (unpaired) electrons. The molecule has 0 aromatic heterocycles. The van der Waals surface area contributed by atoms with Crippen molar-refractivity contribution in [2.75, 3.05) is 0 Å². The number of aliphatic hydroxyl groups is 2. The van der Waals surface area contributed by atoms with Crippen molar-refractivity contribution in [3.63, 3.8) is 0 Å². The Kier molecular flexibility index (Phi) is 2.45. The van der Waals surface area contributed by atoms with Gasteiger partial charge in [-0.2, -0.15) is 0 Å². The first-order valence-electron chi connectivity index (χ1n) is 2.12. The van der Waals surface area contributed by atoms with Crippen molar-refractivity contribution in [3.05, 3.63) is 0 Å². The molecule has 0 aromatic rings. The normalized spacial score (nSPS) is 12.4. The highest BCUT2D eigenvalue weighted by Crippen LogP contribution is 2.02. The number of hydrogen-bond acceptors (Lipinski definition) is 3. The monoisotopic (exact) mass is 122 g/mol. The van der Waals surface area contributed by atoms with Gasteiger partial charge in [0, 0.05) is 6.42 Å². The third kappa shape index (κ3) is 2.75. The second-order valence-corrected chi connectivity index (χ2v) is 1.71. The van der Waals surface area contributed by atoms with Crippen molar-refractivity contribution in [1.82, 2.24) is 0 Å². The van der Waals surface area contributed by atoms with Crippen LogP contribution < -0.4 is 0 Å². The van der Waals surface area contributed by atoms with E-state index in [1.807, 2.05) is 0 Å². The molecule has 0 saturated heterocycles. The minimum atomic E-state index is -1.85. The van der Waals surface area contributed by atoms with E-state index in [1.165, 1.54) is 0 Å². The lowest BCUT2D eigenvalue weighted by Crippen LogP contribution is -2.29. The minimum Gasteiger partial charge on any atom is -0.381 e. The standard InChI is InChI=1S/C3H10O3Si/c1-2-3(4,5)6-7/h4-5H,2H2,1,7H3. The molecule has 44 valence electrons. The van der Waals surface area contributed by atoms with Crippen LogP contribution in [0.1, 0.15) is 13.3 Å². The first kappa shape index (κ1) is 7.10. The highest BCUT2D eigenvalue weighted by atomic mass is 28.2. The van der Waals surface area contributed by atoms with Crippen LogP contribution in [-0.4, -0.2) is 26.7 Å². The van der Waals surface area contributed by atoms with Gasteiger partial charge in [-0.15, -0.1) is 0 Å². The molecule has 0 bridgehead atoms. The first-order chi connectivity index (χ1) is 3.12. The van der Waals surface area contributed by atoms with Gasteiger partial charge < -0.3 is 14.6 Å². The lowest BCUT2D eigenvalue weighted by Gasteiger charge is -2.16. The van der Waals surface area contributed by atoms with Gasteiger partial charge in [-0.05, 0) is 0 Å². The second-order valence-electron chi connectivity index (χ2n) is 1.30. The molecule has 0 heterocycles. The SMILES string of the molecule is CCC(O)(O)O[SiH3]. The van der Waals surface area contributed by atoms with Crippen LogP contribution in [0.25, 0.3) is 0 Å². The molecule has 0 spiro atoms. The fourth-order valence-corrected chi connectivity index (χ4v) is 0.433. The van der Waals surface area contributed by atoms with Crippen LogP contribution in [0.5, 0.6) is 0 Å². The van der Waals surface area contributed by atoms with Gasteiger partial charge in [0.25, 0.3) is 5.97 Å². The van der Waals surface area contributed by atoms with E-state index in [9.17, 15) is 0 Å². The van der Waals surface area contributed by atoms with Gasteiger partial charge in [-0.1, -0.05) is 6.92 Å². The number of hydrogen-bond donors (Lipinski definition) is 2. The van der Waals surface area contributed by atoms with E-state index in [4.69, 9.17) is 10.2 Å². The van der Waals surface area contributed by atoms with Crippen molar-refractivity contribution in [2.24, 2.45) is 0 Å². The smallest absolute Gasteiger partial charge is 0.267 e. The molecular formula is C3H10O3Si. The molecule has 0 aliphatic heterocycles. The van der Waals surface area contributed by atoms with Gasteiger partial charge in [-0.3, -0.25) is 0 Å². The molecule has 0 aliphatic carbocycles. The Morgan fingerprint density at radius 1 is 1.71 bits per heavy atom. The van der Waals surface area contributed by atoms with Gasteiger partial charge >= 0.3 is 0 Å². The van der Waals surface area contributed by atoms with Crippen molar-refractivity contribution < 1.29 is 14.6 Å². The minimum absolute atomic E-state index is 0.219. The van der Waals surface area contributed by atoms with Gasteiger partial charge in [0.2, 0.25) is 0 Å². The summed E-state index contributed by atoms with van der Waals surface area (Å²) in [7, 11) is 0.357. The van der Waals surface area contributed by atoms with Crippen molar-refractivity contribution in [2.45, 2.75) is 19.3 Å². The van der Waals surface area contributed by atoms with E-state index in [0.717, 1.165) is 0 Å². The van der Waals surface area contributed by atoms with Crippen LogP contribution in [-0.2, 0) is 4.43 Å². The molecule has 4 heteroatoms. The lowest BCUT2D eigenvalue weighted by molar-refractivity contribution is -0.292. The highest BCUT2D eigenvalue weighted by Gasteiger charge is 2.16. The fourth-order valence-electron chi connectivity index (χ4n) is 0.144. The summed E-state index contributed by atoms with van der Waals surface area (Å²) in [6.07, 6.45) is 0.219. The summed E-state index contributed by atoms with van der Waals surface area (Å²) in [5, 5.41) is 17.0. The zero-order valence-electron chi connectivity index (χ0n) is 4.51. The van der Waals surface area contributed by atoms with Crippen molar-refractivity contribution in [1.29, 1.82) is 0 Å². The quantitative estimate of drug-likeness (QED) is 0.340. The zero-order valence-corrected chi connectivity index (χ0v) is 6.51. The molecular weight excluding hydrogens is 112 g/mol. The Balaban J connectivity index is 3.36. The van der Waals surface area contributed by atoms with Gasteiger partial charge in [-0.25, -0.2) is 0 Å². The molecule has 0 unspecified atom stereocenters. The molecule has 0 atom stereocenters. The molecule has 0 aliphatic rings. The van der Waals surface area contributed by atoms with E-state index >= 15 is 0 Å². The summed E-state index contributed by atoms with van der Waals surface area (Å²) in [5.41, 5.74) is 0. The van der Waals surface area contributed by atoms with Crippen LogP contribution in [0.2, 0.25) is 0 Å². The van der Waals surface area contributed by atoms with Crippen LogP contribution in [0.3, 0.4) is 0 Å². The molecule has 0 aromatic carbocycles. The van der Waals surface area contributed by atoms with Crippen molar-refractivity contribution in [3.8, 4) is 0 Å². The van der Waals surface area contributed by atoms with Crippen molar-refractivity contribution >= 4 is 10.5 Å². The molecule has 3 nitrogen and oxygen atoms in total. The number of rotatable bonds is 2.